The van der Waals surface area contributed by atoms with Gasteiger partial charge in [-0.25, -0.2) is 13.4 Å². The second-order valence-electron chi connectivity index (χ2n) is 11.8. The second-order valence-corrected chi connectivity index (χ2v) is 13.7. The molecule has 0 aromatic heterocycles. The molecule has 2 aromatic rings. The fourth-order valence-corrected chi connectivity index (χ4v) is 6.26. The first-order valence-electron chi connectivity index (χ1n) is 14.6. The summed E-state index contributed by atoms with van der Waals surface area (Å²) in [7, 11) is -2.50. The highest BCUT2D eigenvalue weighted by molar-refractivity contribution is 7.89. The predicted octanol–water partition coefficient (Wildman–Crippen LogP) is 2.97. The maximum atomic E-state index is 13.8. The van der Waals surface area contributed by atoms with Crippen molar-refractivity contribution >= 4 is 21.8 Å². The summed E-state index contributed by atoms with van der Waals surface area (Å²) in [5.74, 6) is -0.251. The molecule has 2 aromatic carbocycles. The molecular formula is C31H46N4O6S. The number of nitrogens with zero attached hydrogens (tertiary/aromatic N) is 2. The molecule has 1 aliphatic carbocycles. The number of aliphatic hydroxyl groups is 1. The van der Waals surface area contributed by atoms with Crippen molar-refractivity contribution in [2.24, 2.45) is 11.8 Å². The SMILES string of the molecule is COc1ccc(S(=O)(=O)N(CC(C)C)C[C@@H](O)C(Cc2ccccc2)N(NC(=O)CNC2CC2)C(=O)CC(C)C)cc1. The molecular weight excluding hydrogens is 556 g/mol. The quantitative estimate of drug-likeness (QED) is 0.252. The molecule has 42 heavy (non-hydrogen) atoms. The van der Waals surface area contributed by atoms with E-state index in [0.717, 1.165) is 18.4 Å². The predicted molar refractivity (Wildman–Crippen MR) is 162 cm³/mol. The summed E-state index contributed by atoms with van der Waals surface area (Å²) in [6.45, 7) is 7.52. The fourth-order valence-electron chi connectivity index (χ4n) is 4.64. The van der Waals surface area contributed by atoms with E-state index < -0.39 is 28.1 Å². The molecule has 2 atom stereocenters. The van der Waals surface area contributed by atoms with Gasteiger partial charge in [0.1, 0.15) is 5.75 Å². The molecule has 1 unspecified atom stereocenters. The number of methoxy groups -OCH3 is 1. The zero-order valence-electron chi connectivity index (χ0n) is 25.3. The third-order valence-electron chi connectivity index (χ3n) is 6.95. The number of hydrazine groups is 1. The summed E-state index contributed by atoms with van der Waals surface area (Å²) in [5, 5.41) is 16.1. The van der Waals surface area contributed by atoms with Gasteiger partial charge in [0.15, 0.2) is 0 Å². The van der Waals surface area contributed by atoms with E-state index in [1.807, 2.05) is 58.0 Å². The first-order chi connectivity index (χ1) is 19.9. The van der Waals surface area contributed by atoms with Crippen LogP contribution in [0, 0.1) is 11.8 Å². The van der Waals surface area contributed by atoms with Gasteiger partial charge in [0.25, 0.3) is 5.91 Å². The standard InChI is InChI=1S/C31H46N4O6S/c1-22(2)17-31(38)35(33-30(37)19-32-25-11-12-25)28(18-24-9-7-6-8-10-24)29(36)21-34(20-23(3)4)42(39,40)27-15-13-26(41-5)14-16-27/h6-10,13-16,22-23,25,28-29,32,36H,11-12,17-21H2,1-5H3,(H,33,37)/t28?,29-/m1/s1. The molecule has 3 rings (SSSR count). The van der Waals surface area contributed by atoms with Gasteiger partial charge in [0.05, 0.1) is 30.7 Å². The number of nitrogens with one attached hydrogen (secondary N) is 2. The molecule has 0 heterocycles. The maximum absolute atomic E-state index is 13.8. The van der Waals surface area contributed by atoms with Gasteiger partial charge in [-0.2, -0.15) is 4.31 Å². The lowest BCUT2D eigenvalue weighted by Crippen LogP contribution is -2.60. The van der Waals surface area contributed by atoms with E-state index in [1.165, 1.54) is 28.6 Å². The van der Waals surface area contributed by atoms with E-state index in [9.17, 15) is 23.1 Å². The van der Waals surface area contributed by atoms with E-state index in [-0.39, 0.29) is 55.1 Å². The van der Waals surface area contributed by atoms with Crippen LogP contribution in [0.5, 0.6) is 5.75 Å². The van der Waals surface area contributed by atoms with E-state index in [2.05, 4.69) is 10.7 Å². The molecule has 0 radical (unpaired) electrons. The van der Waals surface area contributed by atoms with E-state index in [1.54, 1.807) is 12.1 Å². The van der Waals surface area contributed by atoms with Crippen molar-refractivity contribution in [3.05, 3.63) is 60.2 Å². The average molecular weight is 603 g/mol. The lowest BCUT2D eigenvalue weighted by atomic mass is 9.99. The van der Waals surface area contributed by atoms with Crippen LogP contribution < -0.4 is 15.5 Å². The normalized spacial score (nSPS) is 15.1. The number of hydrogen-bond acceptors (Lipinski definition) is 7. The minimum atomic E-state index is -4.00. The summed E-state index contributed by atoms with van der Waals surface area (Å²) in [5.41, 5.74) is 3.58. The monoisotopic (exact) mass is 602 g/mol. The van der Waals surface area contributed by atoms with Crippen LogP contribution in [-0.4, -0.2) is 79.6 Å². The number of ether oxygens (including phenoxy) is 1. The van der Waals surface area contributed by atoms with Crippen LogP contribution in [-0.2, 0) is 26.0 Å². The average Bonchev–Trinajstić information content (AvgIpc) is 3.78. The van der Waals surface area contributed by atoms with Crippen LogP contribution in [0.4, 0.5) is 0 Å². The van der Waals surface area contributed by atoms with Gasteiger partial charge >= 0.3 is 0 Å². The zero-order chi connectivity index (χ0) is 30.9. The Labute approximate surface area is 250 Å². The van der Waals surface area contributed by atoms with Crippen LogP contribution in [0.25, 0.3) is 0 Å². The Balaban J connectivity index is 1.95. The molecule has 0 saturated heterocycles. The van der Waals surface area contributed by atoms with Crippen LogP contribution in [0.2, 0.25) is 0 Å². The number of benzene rings is 2. The number of carbonyl (C=O) groups excluding carboxylic acids is 2. The molecule has 1 fully saturated rings. The fraction of sp³-hybridized carbons (Fsp3) is 0.548. The summed E-state index contributed by atoms with van der Waals surface area (Å²) in [6.07, 6.45) is 1.05. The van der Waals surface area contributed by atoms with Gasteiger partial charge in [-0.1, -0.05) is 58.0 Å². The van der Waals surface area contributed by atoms with Crippen LogP contribution in [0.15, 0.2) is 59.5 Å². The minimum absolute atomic E-state index is 0.00361. The molecule has 2 amide bonds. The van der Waals surface area contributed by atoms with Crippen molar-refractivity contribution in [1.29, 1.82) is 0 Å². The Morgan fingerprint density at radius 2 is 1.62 bits per heavy atom. The summed E-state index contributed by atoms with van der Waals surface area (Å²) in [4.78, 5) is 26.6. The Kier molecular flexibility index (Phi) is 12.3. The minimum Gasteiger partial charge on any atom is -0.497 e. The van der Waals surface area contributed by atoms with Crippen molar-refractivity contribution in [2.75, 3.05) is 26.7 Å². The summed E-state index contributed by atoms with van der Waals surface area (Å²) in [6, 6.07) is 14.8. The topological polar surface area (TPSA) is 128 Å². The number of hydrogen-bond donors (Lipinski definition) is 3. The zero-order valence-corrected chi connectivity index (χ0v) is 26.1. The van der Waals surface area contributed by atoms with Crippen LogP contribution >= 0.6 is 0 Å². The van der Waals surface area contributed by atoms with Crippen molar-refractivity contribution in [3.63, 3.8) is 0 Å². The van der Waals surface area contributed by atoms with Crippen LogP contribution in [0.3, 0.4) is 0 Å². The number of aliphatic hydroxyl groups excluding tert-OH is 1. The van der Waals surface area contributed by atoms with E-state index in [4.69, 9.17) is 4.74 Å². The Morgan fingerprint density at radius 3 is 2.17 bits per heavy atom. The molecule has 0 bridgehead atoms. The Bertz CT molecular complexity index is 1250. The lowest BCUT2D eigenvalue weighted by molar-refractivity contribution is -0.148. The highest BCUT2D eigenvalue weighted by Gasteiger charge is 2.36. The highest BCUT2D eigenvalue weighted by Crippen LogP contribution is 2.23. The van der Waals surface area contributed by atoms with Gasteiger partial charge in [0.2, 0.25) is 15.9 Å². The first kappa shape index (κ1) is 33.5. The molecule has 1 aliphatic rings. The highest BCUT2D eigenvalue weighted by atomic mass is 32.2. The van der Waals surface area contributed by atoms with Crippen molar-refractivity contribution in [1.82, 2.24) is 20.1 Å². The second kappa shape index (κ2) is 15.5. The largest absolute Gasteiger partial charge is 0.497 e. The molecule has 0 spiro atoms. The van der Waals surface area contributed by atoms with E-state index in [0.29, 0.717) is 11.8 Å². The lowest BCUT2D eigenvalue weighted by Gasteiger charge is -2.37. The third-order valence-corrected chi connectivity index (χ3v) is 8.79. The van der Waals surface area contributed by atoms with Crippen molar-refractivity contribution in [2.45, 2.75) is 76.5 Å². The van der Waals surface area contributed by atoms with Gasteiger partial charge in [-0.15, -0.1) is 0 Å². The van der Waals surface area contributed by atoms with Gasteiger partial charge < -0.3 is 15.2 Å². The van der Waals surface area contributed by atoms with Gasteiger partial charge in [-0.3, -0.25) is 15.0 Å². The molecule has 232 valence electrons. The van der Waals surface area contributed by atoms with Gasteiger partial charge in [0, 0.05) is 25.6 Å². The Hall–Kier alpha value is -2.99. The van der Waals surface area contributed by atoms with Crippen molar-refractivity contribution in [3.8, 4) is 5.75 Å². The first-order valence-corrected chi connectivity index (χ1v) is 16.1. The summed E-state index contributed by atoms with van der Waals surface area (Å²) < 4.78 is 34.0. The number of rotatable bonds is 16. The van der Waals surface area contributed by atoms with Crippen molar-refractivity contribution < 1.29 is 27.9 Å². The number of sulfonamides is 1. The molecule has 1 saturated carbocycles. The molecule has 0 aliphatic heterocycles. The summed E-state index contributed by atoms with van der Waals surface area (Å²) >= 11 is 0. The van der Waals surface area contributed by atoms with Gasteiger partial charge in [-0.05, 0) is 60.9 Å². The van der Waals surface area contributed by atoms with Crippen LogP contribution in [0.1, 0.15) is 52.5 Å². The molecule has 3 N–H and O–H groups in total. The Morgan fingerprint density at radius 1 is 0.976 bits per heavy atom. The third kappa shape index (κ3) is 10.1. The molecule has 10 nitrogen and oxygen atoms in total. The molecule has 11 heteroatoms. The smallest absolute Gasteiger partial charge is 0.252 e. The van der Waals surface area contributed by atoms with E-state index >= 15 is 0 Å². The number of amides is 2. The maximum Gasteiger partial charge on any atom is 0.252 e. The number of carbonyl (C=O) groups is 2.